The monoisotopic (exact) mass is 278 g/mol. The molecule has 1 saturated heterocycles. The van der Waals surface area contributed by atoms with Crippen LogP contribution in [-0.4, -0.2) is 34.8 Å². The summed E-state index contributed by atoms with van der Waals surface area (Å²) in [6.07, 6.45) is 7.45. The van der Waals surface area contributed by atoms with Gasteiger partial charge in [-0.3, -0.25) is 9.59 Å². The molecule has 1 spiro atoms. The summed E-state index contributed by atoms with van der Waals surface area (Å²) >= 11 is 0. The first-order valence-electron chi connectivity index (χ1n) is 8.17. The number of piperazine rings is 1. The van der Waals surface area contributed by atoms with E-state index in [0.29, 0.717) is 5.92 Å². The van der Waals surface area contributed by atoms with Gasteiger partial charge in [0.25, 0.3) is 0 Å². The largest absolute Gasteiger partial charge is 0.342 e. The molecule has 3 aliphatic rings. The van der Waals surface area contributed by atoms with E-state index in [2.05, 4.69) is 5.32 Å². The molecular weight excluding hydrogens is 252 g/mol. The molecule has 1 aliphatic heterocycles. The highest BCUT2D eigenvalue weighted by atomic mass is 16.2. The third-order valence-electron chi connectivity index (χ3n) is 5.24. The minimum atomic E-state index is -0.524. The second-order valence-corrected chi connectivity index (χ2v) is 7.18. The summed E-state index contributed by atoms with van der Waals surface area (Å²) in [7, 11) is 0. The average Bonchev–Trinajstić information content (AvgIpc) is 3.24. The van der Waals surface area contributed by atoms with Gasteiger partial charge in [0.15, 0.2) is 0 Å². The molecule has 20 heavy (non-hydrogen) atoms. The zero-order chi connectivity index (χ0) is 14.3. The Morgan fingerprint density at radius 2 is 1.85 bits per heavy atom. The maximum Gasteiger partial charge on any atom is 0.246 e. The van der Waals surface area contributed by atoms with Gasteiger partial charge in [0.2, 0.25) is 11.8 Å². The van der Waals surface area contributed by atoms with Crippen LogP contribution >= 0.6 is 0 Å². The van der Waals surface area contributed by atoms with Crippen LogP contribution in [0.5, 0.6) is 0 Å². The van der Waals surface area contributed by atoms with Crippen LogP contribution in [0.4, 0.5) is 0 Å². The van der Waals surface area contributed by atoms with Crippen molar-refractivity contribution in [3.8, 4) is 0 Å². The Morgan fingerprint density at radius 1 is 1.20 bits per heavy atom. The standard InChI is InChI=1S/C16H26N2O2/c1-11(2)13-14(19)18(10-12-6-7-12)16(15(20)17-13)8-4-3-5-9-16/h11-13H,3-10H2,1-2H3,(H,17,20). The molecule has 0 aromatic rings. The summed E-state index contributed by atoms with van der Waals surface area (Å²) in [5, 5.41) is 3.02. The van der Waals surface area contributed by atoms with Crippen molar-refractivity contribution in [2.45, 2.75) is 70.4 Å². The van der Waals surface area contributed by atoms with Crippen molar-refractivity contribution in [3.63, 3.8) is 0 Å². The third kappa shape index (κ3) is 2.23. The number of hydrogen-bond acceptors (Lipinski definition) is 2. The molecule has 4 nitrogen and oxygen atoms in total. The fraction of sp³-hybridized carbons (Fsp3) is 0.875. The number of nitrogens with one attached hydrogen (secondary N) is 1. The molecule has 4 heteroatoms. The van der Waals surface area contributed by atoms with E-state index < -0.39 is 5.54 Å². The topological polar surface area (TPSA) is 49.4 Å². The first-order valence-corrected chi connectivity index (χ1v) is 8.17. The average molecular weight is 278 g/mol. The van der Waals surface area contributed by atoms with Gasteiger partial charge in [-0.05, 0) is 37.5 Å². The lowest BCUT2D eigenvalue weighted by molar-refractivity contribution is -0.161. The maximum atomic E-state index is 12.9. The molecule has 1 unspecified atom stereocenters. The summed E-state index contributed by atoms with van der Waals surface area (Å²) < 4.78 is 0. The molecule has 2 aliphatic carbocycles. The van der Waals surface area contributed by atoms with Gasteiger partial charge in [0.1, 0.15) is 11.6 Å². The van der Waals surface area contributed by atoms with Crippen molar-refractivity contribution in [1.82, 2.24) is 10.2 Å². The Labute approximate surface area is 121 Å². The summed E-state index contributed by atoms with van der Waals surface area (Å²) in [5.74, 6) is 1.06. The van der Waals surface area contributed by atoms with Crippen molar-refractivity contribution in [1.29, 1.82) is 0 Å². The van der Waals surface area contributed by atoms with E-state index in [1.54, 1.807) is 0 Å². The summed E-state index contributed by atoms with van der Waals surface area (Å²) in [6.45, 7) is 4.82. The number of nitrogens with zero attached hydrogens (tertiary/aromatic N) is 1. The van der Waals surface area contributed by atoms with Crippen LogP contribution in [0.25, 0.3) is 0 Å². The fourth-order valence-corrected chi connectivity index (χ4v) is 3.75. The summed E-state index contributed by atoms with van der Waals surface area (Å²) in [6, 6.07) is -0.325. The Kier molecular flexibility index (Phi) is 3.51. The zero-order valence-corrected chi connectivity index (χ0v) is 12.7. The second kappa shape index (κ2) is 5.05. The second-order valence-electron chi connectivity index (χ2n) is 7.18. The van der Waals surface area contributed by atoms with Crippen LogP contribution in [0.15, 0.2) is 0 Å². The van der Waals surface area contributed by atoms with Gasteiger partial charge in [-0.25, -0.2) is 0 Å². The lowest BCUT2D eigenvalue weighted by Gasteiger charge is -2.50. The number of rotatable bonds is 3. The van der Waals surface area contributed by atoms with Gasteiger partial charge in [0.05, 0.1) is 0 Å². The number of hydrogen-bond donors (Lipinski definition) is 1. The third-order valence-corrected chi connectivity index (χ3v) is 5.24. The van der Waals surface area contributed by atoms with Crippen molar-refractivity contribution >= 4 is 11.8 Å². The Bertz CT molecular complexity index is 409. The molecule has 3 rings (SSSR count). The minimum absolute atomic E-state index is 0.108. The predicted octanol–water partition coefficient (Wildman–Crippen LogP) is 2.08. The van der Waals surface area contributed by atoms with Gasteiger partial charge in [-0.1, -0.05) is 33.1 Å². The van der Waals surface area contributed by atoms with E-state index >= 15 is 0 Å². The molecule has 1 atom stereocenters. The van der Waals surface area contributed by atoms with Gasteiger partial charge >= 0.3 is 0 Å². The van der Waals surface area contributed by atoms with Crippen molar-refractivity contribution in [2.75, 3.05) is 6.54 Å². The highest BCUT2D eigenvalue weighted by molar-refractivity contribution is 6.00. The molecule has 1 N–H and O–H groups in total. The summed E-state index contributed by atoms with van der Waals surface area (Å²) in [5.41, 5.74) is -0.524. The quantitative estimate of drug-likeness (QED) is 0.859. The van der Waals surface area contributed by atoms with E-state index in [-0.39, 0.29) is 23.8 Å². The highest BCUT2D eigenvalue weighted by Gasteiger charge is 2.53. The van der Waals surface area contributed by atoms with Gasteiger partial charge in [-0.2, -0.15) is 0 Å². The molecule has 0 radical (unpaired) electrons. The van der Waals surface area contributed by atoms with Crippen molar-refractivity contribution in [2.24, 2.45) is 11.8 Å². The SMILES string of the molecule is CC(C)C1NC(=O)C2(CCCCC2)N(CC2CC2)C1=O. The highest BCUT2D eigenvalue weighted by Crippen LogP contribution is 2.40. The predicted molar refractivity (Wildman–Crippen MR) is 77.0 cm³/mol. The molecular formula is C16H26N2O2. The van der Waals surface area contributed by atoms with Gasteiger partial charge in [0, 0.05) is 6.54 Å². The lowest BCUT2D eigenvalue weighted by Crippen LogP contribution is -2.72. The van der Waals surface area contributed by atoms with Crippen LogP contribution in [-0.2, 0) is 9.59 Å². The number of carbonyl (C=O) groups is 2. The zero-order valence-electron chi connectivity index (χ0n) is 12.7. The Balaban J connectivity index is 1.90. The molecule has 0 aromatic heterocycles. The normalized spacial score (nSPS) is 29.9. The molecule has 2 saturated carbocycles. The molecule has 2 amide bonds. The van der Waals surface area contributed by atoms with Crippen molar-refractivity contribution in [3.05, 3.63) is 0 Å². The van der Waals surface area contributed by atoms with Gasteiger partial charge < -0.3 is 10.2 Å². The molecule has 112 valence electrons. The van der Waals surface area contributed by atoms with Crippen LogP contribution in [0, 0.1) is 11.8 Å². The first kappa shape index (κ1) is 13.9. The van der Waals surface area contributed by atoms with E-state index in [1.165, 1.54) is 19.3 Å². The fourth-order valence-electron chi connectivity index (χ4n) is 3.75. The molecule has 0 bridgehead atoms. The molecule has 1 heterocycles. The van der Waals surface area contributed by atoms with Crippen LogP contribution in [0.2, 0.25) is 0 Å². The van der Waals surface area contributed by atoms with Gasteiger partial charge in [-0.15, -0.1) is 0 Å². The minimum Gasteiger partial charge on any atom is -0.342 e. The van der Waals surface area contributed by atoms with Crippen LogP contribution in [0.3, 0.4) is 0 Å². The van der Waals surface area contributed by atoms with Crippen molar-refractivity contribution < 1.29 is 9.59 Å². The smallest absolute Gasteiger partial charge is 0.246 e. The van der Waals surface area contributed by atoms with Crippen LogP contribution < -0.4 is 5.32 Å². The van der Waals surface area contributed by atoms with E-state index in [1.807, 2.05) is 18.7 Å². The number of carbonyl (C=O) groups excluding carboxylic acids is 2. The molecule has 0 aromatic carbocycles. The maximum absolute atomic E-state index is 12.9. The van der Waals surface area contributed by atoms with E-state index in [0.717, 1.165) is 32.2 Å². The Hall–Kier alpha value is -1.06. The van der Waals surface area contributed by atoms with E-state index in [4.69, 9.17) is 0 Å². The van der Waals surface area contributed by atoms with E-state index in [9.17, 15) is 9.59 Å². The first-order chi connectivity index (χ1) is 9.54. The summed E-state index contributed by atoms with van der Waals surface area (Å²) in [4.78, 5) is 27.6. The van der Waals surface area contributed by atoms with Crippen LogP contribution in [0.1, 0.15) is 58.8 Å². The lowest BCUT2D eigenvalue weighted by atomic mass is 9.76. The number of amides is 2. The Morgan fingerprint density at radius 3 is 2.40 bits per heavy atom. The molecule has 3 fully saturated rings.